The molecule has 4 heteroatoms. The molecule has 2 rings (SSSR count). The molecule has 1 saturated carbocycles. The highest BCUT2D eigenvalue weighted by molar-refractivity contribution is 7.10. The number of hydrogen-bond donors (Lipinski definition) is 1. The first-order valence-corrected chi connectivity index (χ1v) is 7.76. The van der Waals surface area contributed by atoms with E-state index in [1.54, 1.807) is 11.5 Å². The van der Waals surface area contributed by atoms with Gasteiger partial charge >= 0.3 is 0 Å². The van der Waals surface area contributed by atoms with Crippen molar-refractivity contribution in [3.63, 3.8) is 0 Å². The minimum Gasteiger partial charge on any atom is -0.383 e. The minimum atomic E-state index is 0.666. The van der Waals surface area contributed by atoms with Crippen LogP contribution in [-0.2, 0) is 0 Å². The molecule has 0 unspecified atom stereocenters. The van der Waals surface area contributed by atoms with Crippen molar-refractivity contribution in [2.24, 2.45) is 11.8 Å². The monoisotopic (exact) mass is 267 g/mol. The summed E-state index contributed by atoms with van der Waals surface area (Å²) < 4.78 is 4.39. The Kier molecular flexibility index (Phi) is 4.15. The fraction of sp³-hybridized carbons (Fsp3) is 0.786. The average Bonchev–Trinajstić information content (AvgIpc) is 3.00. The fourth-order valence-electron chi connectivity index (χ4n) is 2.41. The topological polar surface area (TPSA) is 42.2 Å². The van der Waals surface area contributed by atoms with Crippen molar-refractivity contribution < 1.29 is 0 Å². The molecule has 1 aromatic heterocycles. The predicted octanol–water partition coefficient (Wildman–Crippen LogP) is 3.72. The normalized spacial score (nSPS) is 15.7. The van der Waals surface area contributed by atoms with Crippen LogP contribution < -0.4 is 10.6 Å². The smallest absolute Gasteiger partial charge is 0.142 e. The number of rotatable bonds is 6. The van der Waals surface area contributed by atoms with Crippen LogP contribution in [-0.4, -0.2) is 17.5 Å². The van der Waals surface area contributed by atoms with E-state index in [0.717, 1.165) is 18.9 Å². The van der Waals surface area contributed by atoms with Gasteiger partial charge in [-0.25, -0.2) is 0 Å². The third-order valence-electron chi connectivity index (χ3n) is 3.18. The second kappa shape index (κ2) is 5.47. The van der Waals surface area contributed by atoms with Gasteiger partial charge in [0.1, 0.15) is 10.8 Å². The summed E-state index contributed by atoms with van der Waals surface area (Å²) in [6.45, 7) is 11.3. The van der Waals surface area contributed by atoms with Gasteiger partial charge in [0.15, 0.2) is 0 Å². The molecular weight excluding hydrogens is 242 g/mol. The van der Waals surface area contributed by atoms with Crippen LogP contribution in [0.25, 0.3) is 0 Å². The first-order valence-electron chi connectivity index (χ1n) is 6.99. The molecule has 0 aromatic carbocycles. The number of nitrogen functional groups attached to an aromatic ring is 1. The van der Waals surface area contributed by atoms with E-state index in [0.29, 0.717) is 17.8 Å². The van der Waals surface area contributed by atoms with Gasteiger partial charge in [-0.3, -0.25) is 0 Å². The summed E-state index contributed by atoms with van der Waals surface area (Å²) in [7, 11) is 0. The van der Waals surface area contributed by atoms with Crippen LogP contribution in [0, 0.1) is 11.8 Å². The maximum Gasteiger partial charge on any atom is 0.142 e. The van der Waals surface area contributed by atoms with Crippen LogP contribution in [0.15, 0.2) is 0 Å². The second-order valence-corrected chi connectivity index (χ2v) is 7.01. The van der Waals surface area contributed by atoms with Crippen molar-refractivity contribution in [2.45, 2.75) is 46.5 Å². The van der Waals surface area contributed by atoms with E-state index in [2.05, 4.69) is 37.0 Å². The number of nitrogens with two attached hydrogens (primary N) is 1. The Morgan fingerprint density at radius 2 is 1.78 bits per heavy atom. The van der Waals surface area contributed by atoms with Crippen molar-refractivity contribution in [1.29, 1.82) is 0 Å². The third kappa shape index (κ3) is 3.16. The Bertz CT molecular complexity index is 384. The van der Waals surface area contributed by atoms with E-state index < -0.39 is 0 Å². The van der Waals surface area contributed by atoms with Gasteiger partial charge < -0.3 is 10.6 Å². The maximum absolute atomic E-state index is 6.05. The van der Waals surface area contributed by atoms with Crippen LogP contribution in [0.5, 0.6) is 0 Å². The lowest BCUT2D eigenvalue weighted by Crippen LogP contribution is -2.31. The van der Waals surface area contributed by atoms with Gasteiger partial charge in [-0.2, -0.15) is 4.37 Å². The van der Waals surface area contributed by atoms with E-state index in [4.69, 9.17) is 5.73 Å². The first kappa shape index (κ1) is 13.7. The number of nitrogens with zero attached hydrogens (tertiary/aromatic N) is 2. The van der Waals surface area contributed by atoms with Crippen LogP contribution in [0.4, 0.5) is 10.8 Å². The molecule has 1 aliphatic carbocycles. The highest BCUT2D eigenvalue weighted by Gasteiger charge is 2.32. The van der Waals surface area contributed by atoms with Crippen molar-refractivity contribution in [3.8, 4) is 0 Å². The summed E-state index contributed by atoms with van der Waals surface area (Å²) in [4.78, 5) is 2.50. The molecule has 0 aliphatic heterocycles. The number of aromatic nitrogens is 1. The lowest BCUT2D eigenvalue weighted by atomic mass is 10.1. The fourth-order valence-corrected chi connectivity index (χ4v) is 3.32. The zero-order chi connectivity index (χ0) is 13.3. The van der Waals surface area contributed by atoms with E-state index in [1.807, 2.05) is 0 Å². The van der Waals surface area contributed by atoms with Gasteiger partial charge in [-0.05, 0) is 42.1 Å². The number of anilines is 2. The Morgan fingerprint density at radius 3 is 2.22 bits per heavy atom. The lowest BCUT2D eigenvalue weighted by molar-refractivity contribution is 0.554. The molecule has 102 valence electrons. The van der Waals surface area contributed by atoms with Crippen LogP contribution in [0.1, 0.15) is 52.0 Å². The standard InChI is InChI=1S/C14H25N3S/c1-9(2)7-17(8-10(3)4)14-12(11-5-6-11)13(15)16-18-14/h9-11H,5-8H2,1-4H3,(H2,15,16). The molecule has 1 fully saturated rings. The Hall–Kier alpha value is -0.770. The Balaban J connectivity index is 2.23. The van der Waals surface area contributed by atoms with Crippen molar-refractivity contribution in [1.82, 2.24) is 4.37 Å². The summed E-state index contributed by atoms with van der Waals surface area (Å²) in [5.74, 6) is 2.79. The lowest BCUT2D eigenvalue weighted by Gasteiger charge is -2.27. The van der Waals surface area contributed by atoms with E-state index >= 15 is 0 Å². The molecule has 1 aliphatic rings. The molecule has 0 spiro atoms. The molecular formula is C14H25N3S. The summed E-state index contributed by atoms with van der Waals surface area (Å²) >= 11 is 1.59. The van der Waals surface area contributed by atoms with Gasteiger partial charge in [0.05, 0.1) is 0 Å². The maximum atomic E-state index is 6.05. The van der Waals surface area contributed by atoms with Crippen molar-refractivity contribution in [3.05, 3.63) is 5.56 Å². The van der Waals surface area contributed by atoms with E-state index in [-0.39, 0.29) is 0 Å². The molecule has 2 N–H and O–H groups in total. The van der Waals surface area contributed by atoms with Crippen LogP contribution in [0.2, 0.25) is 0 Å². The largest absolute Gasteiger partial charge is 0.383 e. The molecule has 0 atom stereocenters. The third-order valence-corrected chi connectivity index (χ3v) is 4.12. The molecule has 0 bridgehead atoms. The zero-order valence-corrected chi connectivity index (χ0v) is 12.8. The zero-order valence-electron chi connectivity index (χ0n) is 11.9. The molecule has 3 nitrogen and oxygen atoms in total. The molecule has 1 heterocycles. The highest BCUT2D eigenvalue weighted by atomic mass is 32.1. The molecule has 18 heavy (non-hydrogen) atoms. The highest BCUT2D eigenvalue weighted by Crippen LogP contribution is 2.49. The Labute approximate surface area is 115 Å². The second-order valence-electron chi connectivity index (χ2n) is 6.25. The first-order chi connectivity index (χ1) is 8.49. The van der Waals surface area contributed by atoms with E-state index in [1.165, 1.54) is 23.4 Å². The quantitative estimate of drug-likeness (QED) is 0.854. The van der Waals surface area contributed by atoms with Crippen LogP contribution >= 0.6 is 11.5 Å². The summed E-state index contributed by atoms with van der Waals surface area (Å²) in [6, 6.07) is 0. The summed E-state index contributed by atoms with van der Waals surface area (Å²) in [5, 5.41) is 1.33. The van der Waals surface area contributed by atoms with Gasteiger partial charge in [-0.1, -0.05) is 27.7 Å². The van der Waals surface area contributed by atoms with Gasteiger partial charge in [0.25, 0.3) is 0 Å². The van der Waals surface area contributed by atoms with Crippen LogP contribution in [0.3, 0.4) is 0 Å². The molecule has 0 amide bonds. The van der Waals surface area contributed by atoms with Crippen molar-refractivity contribution >= 4 is 22.4 Å². The Morgan fingerprint density at radius 1 is 1.22 bits per heavy atom. The van der Waals surface area contributed by atoms with Gasteiger partial charge in [-0.15, -0.1) is 0 Å². The summed E-state index contributed by atoms with van der Waals surface area (Å²) in [5.41, 5.74) is 7.39. The van der Waals surface area contributed by atoms with E-state index in [9.17, 15) is 0 Å². The average molecular weight is 267 g/mol. The van der Waals surface area contributed by atoms with Gasteiger partial charge in [0, 0.05) is 18.7 Å². The summed E-state index contributed by atoms with van der Waals surface area (Å²) in [6.07, 6.45) is 2.57. The molecule has 1 aromatic rings. The molecule has 0 radical (unpaired) electrons. The molecule has 0 saturated heterocycles. The van der Waals surface area contributed by atoms with Crippen molar-refractivity contribution in [2.75, 3.05) is 23.7 Å². The number of hydrogen-bond acceptors (Lipinski definition) is 4. The predicted molar refractivity (Wildman–Crippen MR) is 80.4 cm³/mol. The minimum absolute atomic E-state index is 0.666. The SMILES string of the molecule is CC(C)CN(CC(C)C)c1snc(N)c1C1CC1. The van der Waals surface area contributed by atoms with Gasteiger partial charge in [0.2, 0.25) is 0 Å².